The van der Waals surface area contributed by atoms with Crippen molar-refractivity contribution < 1.29 is 18.3 Å². The average molecular weight is 391 g/mol. The first-order chi connectivity index (χ1) is 13.4. The van der Waals surface area contributed by atoms with Gasteiger partial charge in [-0.25, -0.2) is 4.98 Å². The van der Waals surface area contributed by atoms with Gasteiger partial charge in [-0.15, -0.1) is 0 Å². The largest absolute Gasteiger partial charge is 0.493 e. The summed E-state index contributed by atoms with van der Waals surface area (Å²) in [5, 5.41) is 0. The first-order valence-corrected chi connectivity index (χ1v) is 9.40. The van der Waals surface area contributed by atoms with Crippen LogP contribution in [0.25, 0.3) is 0 Å². The van der Waals surface area contributed by atoms with Gasteiger partial charge in [-0.2, -0.15) is 8.78 Å². The van der Waals surface area contributed by atoms with Crippen LogP contribution in [-0.4, -0.2) is 40.7 Å². The third kappa shape index (κ3) is 3.61. The Labute approximate surface area is 161 Å². The molecule has 0 spiro atoms. The summed E-state index contributed by atoms with van der Waals surface area (Å²) in [5.74, 6) is 0.961. The molecule has 1 saturated heterocycles. The summed E-state index contributed by atoms with van der Waals surface area (Å²) in [6, 6.07) is 5.62. The zero-order valence-corrected chi connectivity index (χ0v) is 15.9. The summed E-state index contributed by atoms with van der Waals surface area (Å²) in [7, 11) is 1.43. The Morgan fingerprint density at radius 1 is 1.25 bits per heavy atom. The number of methoxy groups -OCH3 is 1. The van der Waals surface area contributed by atoms with Gasteiger partial charge in [0.05, 0.1) is 12.8 Å². The van der Waals surface area contributed by atoms with E-state index >= 15 is 0 Å². The Morgan fingerprint density at radius 3 is 2.71 bits per heavy atom. The van der Waals surface area contributed by atoms with Gasteiger partial charge >= 0.3 is 6.61 Å². The van der Waals surface area contributed by atoms with Crippen LogP contribution in [0.1, 0.15) is 35.5 Å². The summed E-state index contributed by atoms with van der Waals surface area (Å²) in [6.45, 7) is -0.433. The Morgan fingerprint density at radius 2 is 2.00 bits per heavy atom. The van der Waals surface area contributed by atoms with Crippen molar-refractivity contribution in [3.05, 3.63) is 51.2 Å². The topological polar surface area (TPSA) is 67.5 Å². The molecule has 2 aliphatic rings. The van der Waals surface area contributed by atoms with E-state index in [-0.39, 0.29) is 23.1 Å². The monoisotopic (exact) mass is 391 g/mol. The molecule has 3 heterocycles. The predicted octanol–water partition coefficient (Wildman–Crippen LogP) is 2.82. The lowest BCUT2D eigenvalue weighted by molar-refractivity contribution is -0.0512. The number of nitrogens with one attached hydrogen (secondary N) is 1. The lowest BCUT2D eigenvalue weighted by Gasteiger charge is -2.28. The second kappa shape index (κ2) is 7.50. The molecule has 2 aliphatic heterocycles. The Kier molecular flexibility index (Phi) is 5.05. The normalized spacial score (nSPS) is 21.5. The number of aromatic nitrogens is 2. The summed E-state index contributed by atoms with van der Waals surface area (Å²) in [5.41, 5.74) is 2.61. The van der Waals surface area contributed by atoms with Gasteiger partial charge in [0.25, 0.3) is 5.56 Å². The standard InChI is InChI=1S/C20H23F2N3O3/c1-11-23-16-9-14-5-4-13(8-15(16)19(26)24-11)25(14)10-12-3-6-17(28-20(21)22)18(7-12)27-2/h3,6-7,13-14,20H,4-5,8-10H2,1-2H3,(H,23,24,26)/t13-,14+/m0/s1. The minimum atomic E-state index is -2.89. The van der Waals surface area contributed by atoms with Gasteiger partial charge in [0.2, 0.25) is 0 Å². The van der Waals surface area contributed by atoms with Crippen molar-refractivity contribution in [1.29, 1.82) is 0 Å². The third-order valence-electron chi connectivity index (χ3n) is 5.67. The zero-order valence-electron chi connectivity index (χ0n) is 15.9. The maximum Gasteiger partial charge on any atom is 0.387 e. The number of halogens is 2. The van der Waals surface area contributed by atoms with E-state index in [4.69, 9.17) is 4.74 Å². The van der Waals surface area contributed by atoms with E-state index in [1.807, 2.05) is 0 Å². The molecular formula is C20H23F2N3O3. The summed E-state index contributed by atoms with van der Waals surface area (Å²) >= 11 is 0. The minimum absolute atomic E-state index is 0.0266. The molecule has 28 heavy (non-hydrogen) atoms. The first kappa shape index (κ1) is 18.9. The highest BCUT2D eigenvalue weighted by Gasteiger charge is 2.38. The Hall–Kier alpha value is -2.48. The van der Waals surface area contributed by atoms with E-state index in [9.17, 15) is 13.6 Å². The van der Waals surface area contributed by atoms with Crippen LogP contribution < -0.4 is 15.0 Å². The number of aromatic amines is 1. The molecule has 0 unspecified atom stereocenters. The molecule has 8 heteroatoms. The third-order valence-corrected chi connectivity index (χ3v) is 5.67. The highest BCUT2D eigenvalue weighted by atomic mass is 19.3. The molecule has 0 saturated carbocycles. The van der Waals surface area contributed by atoms with Crippen LogP contribution >= 0.6 is 0 Å². The van der Waals surface area contributed by atoms with Crippen LogP contribution in [-0.2, 0) is 19.4 Å². The summed E-state index contributed by atoms with van der Waals surface area (Å²) in [4.78, 5) is 22.2. The van der Waals surface area contributed by atoms with Crippen molar-refractivity contribution in [1.82, 2.24) is 14.9 Å². The molecule has 6 nitrogen and oxygen atoms in total. The maximum absolute atomic E-state index is 12.5. The van der Waals surface area contributed by atoms with Gasteiger partial charge in [-0.3, -0.25) is 9.69 Å². The SMILES string of the molecule is COc1cc(CN2[C@@H]3CC[C@H]2Cc2c(nc(C)[nH]c2=O)C3)ccc1OC(F)F. The maximum atomic E-state index is 12.5. The number of H-pyrrole nitrogens is 1. The van der Waals surface area contributed by atoms with Gasteiger partial charge in [0, 0.05) is 30.6 Å². The Bertz CT molecular complexity index is 931. The van der Waals surface area contributed by atoms with E-state index in [0.29, 0.717) is 24.8 Å². The number of hydrogen-bond acceptors (Lipinski definition) is 5. The van der Waals surface area contributed by atoms with Gasteiger partial charge < -0.3 is 14.5 Å². The highest BCUT2D eigenvalue weighted by molar-refractivity contribution is 5.43. The number of fused-ring (bicyclic) bond motifs is 3. The first-order valence-electron chi connectivity index (χ1n) is 9.40. The quantitative estimate of drug-likeness (QED) is 0.849. The number of nitrogens with zero attached hydrogens (tertiary/aromatic N) is 2. The van der Waals surface area contributed by atoms with Crippen molar-refractivity contribution >= 4 is 0 Å². The van der Waals surface area contributed by atoms with Crippen molar-refractivity contribution in [2.24, 2.45) is 0 Å². The molecule has 4 rings (SSSR count). The molecule has 1 fully saturated rings. The van der Waals surface area contributed by atoms with E-state index in [1.54, 1.807) is 19.1 Å². The average Bonchev–Trinajstić information content (AvgIpc) is 2.91. The molecule has 150 valence electrons. The molecule has 2 atom stereocenters. The number of ether oxygens (including phenoxy) is 2. The number of hydrogen-bond donors (Lipinski definition) is 1. The fourth-order valence-electron chi connectivity index (χ4n) is 4.43. The van der Waals surface area contributed by atoms with Crippen molar-refractivity contribution in [2.45, 2.75) is 57.8 Å². The fourth-order valence-corrected chi connectivity index (χ4v) is 4.43. The summed E-state index contributed by atoms with van der Waals surface area (Å²) in [6.07, 6.45) is 3.51. The molecule has 0 radical (unpaired) electrons. The lowest BCUT2D eigenvalue weighted by atomic mass is 9.98. The van der Waals surface area contributed by atoms with E-state index < -0.39 is 6.61 Å². The molecule has 2 bridgehead atoms. The number of benzene rings is 1. The van der Waals surface area contributed by atoms with Crippen LogP contribution in [0.5, 0.6) is 11.5 Å². The number of rotatable bonds is 5. The molecule has 1 N–H and O–H groups in total. The van der Waals surface area contributed by atoms with Crippen LogP contribution in [0, 0.1) is 6.92 Å². The van der Waals surface area contributed by atoms with Crippen LogP contribution in [0.3, 0.4) is 0 Å². The molecular weight excluding hydrogens is 368 g/mol. The summed E-state index contributed by atoms with van der Waals surface area (Å²) < 4.78 is 34.8. The molecule has 0 amide bonds. The second-order valence-electron chi connectivity index (χ2n) is 7.41. The lowest BCUT2D eigenvalue weighted by Crippen LogP contribution is -2.36. The molecule has 0 aliphatic carbocycles. The minimum Gasteiger partial charge on any atom is -0.493 e. The van der Waals surface area contributed by atoms with Crippen molar-refractivity contribution in [3.8, 4) is 11.5 Å². The van der Waals surface area contributed by atoms with E-state index in [0.717, 1.165) is 36.1 Å². The van der Waals surface area contributed by atoms with Gasteiger partial charge in [0.15, 0.2) is 11.5 Å². The molecule has 1 aromatic heterocycles. The number of alkyl halides is 2. The highest BCUT2D eigenvalue weighted by Crippen LogP contribution is 2.35. The second-order valence-corrected chi connectivity index (χ2v) is 7.41. The molecule has 1 aromatic carbocycles. The van der Waals surface area contributed by atoms with Crippen LogP contribution in [0.2, 0.25) is 0 Å². The van der Waals surface area contributed by atoms with Gasteiger partial charge in [0.1, 0.15) is 5.82 Å². The number of aryl methyl sites for hydroxylation is 1. The van der Waals surface area contributed by atoms with Crippen LogP contribution in [0.15, 0.2) is 23.0 Å². The predicted molar refractivity (Wildman–Crippen MR) is 99.0 cm³/mol. The molecule has 2 aromatic rings. The Balaban J connectivity index is 1.58. The van der Waals surface area contributed by atoms with Gasteiger partial charge in [-0.1, -0.05) is 6.07 Å². The van der Waals surface area contributed by atoms with E-state index in [1.165, 1.54) is 13.2 Å². The van der Waals surface area contributed by atoms with Crippen LogP contribution in [0.4, 0.5) is 8.78 Å². The fraction of sp³-hybridized carbons (Fsp3) is 0.500. The van der Waals surface area contributed by atoms with Crippen molar-refractivity contribution in [3.63, 3.8) is 0 Å². The van der Waals surface area contributed by atoms with E-state index in [2.05, 4.69) is 19.6 Å². The smallest absolute Gasteiger partial charge is 0.387 e. The zero-order chi connectivity index (χ0) is 19.8. The van der Waals surface area contributed by atoms with Gasteiger partial charge in [-0.05, 0) is 43.9 Å². The van der Waals surface area contributed by atoms with Crippen molar-refractivity contribution in [2.75, 3.05) is 7.11 Å².